The highest BCUT2D eigenvalue weighted by atomic mass is 16.6. The number of carbonyl (C=O) groups is 1. The number of nitrogens with zero attached hydrogens (tertiary/aromatic N) is 7. The summed E-state index contributed by atoms with van der Waals surface area (Å²) >= 11 is 0. The Balaban J connectivity index is 1.83. The largest absolute Gasteiger partial charge is 0.378 e. The van der Waals surface area contributed by atoms with Gasteiger partial charge in [0, 0.05) is 6.54 Å². The molecule has 0 aliphatic carbocycles. The minimum Gasteiger partial charge on any atom is -0.378 e. The van der Waals surface area contributed by atoms with Gasteiger partial charge in [-0.15, -0.1) is 5.10 Å². The minimum absolute atomic E-state index is 0.0641. The van der Waals surface area contributed by atoms with E-state index in [0.29, 0.717) is 12.2 Å². The monoisotopic (exact) mass is 439 g/mol. The van der Waals surface area contributed by atoms with Crippen molar-refractivity contribution in [2.75, 3.05) is 18.8 Å². The molecule has 0 aliphatic rings. The lowest BCUT2D eigenvalue weighted by Crippen LogP contribution is -2.28. The highest BCUT2D eigenvalue weighted by Crippen LogP contribution is 2.18. The molecular weight excluding hydrogens is 410 g/mol. The number of hydrazone groups is 1. The molecule has 1 aromatic carbocycles. The van der Waals surface area contributed by atoms with Crippen molar-refractivity contribution in [3.05, 3.63) is 46.8 Å². The van der Waals surface area contributed by atoms with Crippen LogP contribution in [0.5, 0.6) is 0 Å². The molecule has 0 atom stereocenters. The molecule has 0 spiro atoms. The van der Waals surface area contributed by atoms with Crippen molar-refractivity contribution in [1.29, 1.82) is 0 Å². The number of nitrogens with one attached hydrogen (secondary N) is 1. The van der Waals surface area contributed by atoms with Crippen molar-refractivity contribution in [2.45, 2.75) is 46.6 Å². The van der Waals surface area contributed by atoms with Gasteiger partial charge in [0.2, 0.25) is 11.6 Å². The first-order valence-corrected chi connectivity index (χ1v) is 10.7. The summed E-state index contributed by atoms with van der Waals surface area (Å²) in [6, 6.07) is 7.95. The van der Waals surface area contributed by atoms with E-state index in [4.69, 9.17) is 10.4 Å². The van der Waals surface area contributed by atoms with Gasteiger partial charge in [0.05, 0.1) is 11.9 Å². The first kappa shape index (κ1) is 23.1. The van der Waals surface area contributed by atoms with Crippen LogP contribution < -0.4 is 11.2 Å². The Morgan fingerprint density at radius 2 is 1.91 bits per heavy atom. The normalized spacial score (nSPS) is 11.5. The number of anilines is 1. The molecule has 3 N–H and O–H groups in total. The summed E-state index contributed by atoms with van der Waals surface area (Å²) in [6.45, 7) is 8.46. The molecule has 2 heterocycles. The fourth-order valence-corrected chi connectivity index (χ4v) is 3.30. The van der Waals surface area contributed by atoms with E-state index in [-0.39, 0.29) is 17.3 Å². The first-order valence-electron chi connectivity index (χ1n) is 10.7. The number of nitrogens with two attached hydrogens (primary N) is 1. The Hall–Kier alpha value is -3.60. The maximum absolute atomic E-state index is 12.9. The van der Waals surface area contributed by atoms with Gasteiger partial charge < -0.3 is 5.73 Å². The average molecular weight is 440 g/mol. The van der Waals surface area contributed by atoms with Crippen molar-refractivity contribution in [3.63, 3.8) is 0 Å². The molecule has 32 heavy (non-hydrogen) atoms. The number of carbonyl (C=O) groups excluding carboxylic acids is 1. The third-order valence-electron chi connectivity index (χ3n) is 4.90. The molecule has 170 valence electrons. The van der Waals surface area contributed by atoms with Gasteiger partial charge in [-0.05, 0) is 53.8 Å². The molecule has 11 nitrogen and oxygen atoms in total. The van der Waals surface area contributed by atoms with E-state index in [1.165, 1.54) is 10.2 Å². The summed E-state index contributed by atoms with van der Waals surface area (Å²) < 4.78 is 6.10. The van der Waals surface area contributed by atoms with Crippen molar-refractivity contribution in [3.8, 4) is 5.82 Å². The average Bonchev–Trinajstić information content (AvgIpc) is 3.40. The zero-order valence-electron chi connectivity index (χ0n) is 18.7. The molecule has 11 heteroatoms. The number of rotatable bonds is 11. The summed E-state index contributed by atoms with van der Waals surface area (Å²) in [4.78, 5) is 15.1. The van der Waals surface area contributed by atoms with E-state index in [2.05, 4.69) is 56.8 Å². The van der Waals surface area contributed by atoms with Crippen molar-refractivity contribution >= 4 is 17.9 Å². The van der Waals surface area contributed by atoms with Gasteiger partial charge in [0.1, 0.15) is 0 Å². The van der Waals surface area contributed by atoms with Crippen LogP contribution in [0, 0.1) is 0 Å². The van der Waals surface area contributed by atoms with E-state index in [1.54, 1.807) is 6.21 Å². The molecule has 1 amide bonds. The van der Waals surface area contributed by atoms with Crippen LogP contribution in [0.15, 0.2) is 34.0 Å². The fraction of sp³-hybridized carbons (Fsp3) is 0.429. The lowest BCUT2D eigenvalue weighted by atomic mass is 10.1. The summed E-state index contributed by atoms with van der Waals surface area (Å²) in [5, 5.41) is 19.6. The van der Waals surface area contributed by atoms with Crippen LogP contribution in [0.2, 0.25) is 0 Å². The molecule has 3 rings (SSSR count). The molecule has 0 aliphatic heterocycles. The van der Waals surface area contributed by atoms with Gasteiger partial charge in [-0.3, -0.25) is 9.69 Å². The molecule has 3 aromatic rings. The summed E-state index contributed by atoms with van der Waals surface area (Å²) in [6.07, 6.45) is 4.49. The smallest absolute Gasteiger partial charge is 0.293 e. The highest BCUT2D eigenvalue weighted by molar-refractivity contribution is 5.94. The third-order valence-corrected chi connectivity index (χ3v) is 4.90. The van der Waals surface area contributed by atoms with Gasteiger partial charge in [-0.1, -0.05) is 50.3 Å². The number of hydrogen-bond acceptors (Lipinski definition) is 9. The topological polar surface area (TPSA) is 140 Å². The Bertz CT molecular complexity index is 1030. The van der Waals surface area contributed by atoms with Gasteiger partial charge in [-0.2, -0.15) is 9.78 Å². The lowest BCUT2D eigenvalue weighted by molar-refractivity contribution is 0.0947. The van der Waals surface area contributed by atoms with Crippen LogP contribution in [0.4, 0.5) is 5.82 Å². The molecular formula is C21H29N9O2. The summed E-state index contributed by atoms with van der Waals surface area (Å²) in [5.74, 6) is -0.219. The number of amides is 1. The zero-order valence-corrected chi connectivity index (χ0v) is 18.7. The van der Waals surface area contributed by atoms with E-state index < -0.39 is 5.91 Å². The standard InChI is InChI=1S/C21H29N9O2/c1-4-11-29(12-5-2)14-17-18(24-28-30(17)20-19(22)26-32-27-20)21(31)25-23-13-16-9-7-15(6-3)8-10-16/h7-10,13H,4-6,11-12,14H2,1-3H3,(H2,22,26)(H,25,31). The van der Waals surface area contributed by atoms with Crippen LogP contribution in [0.1, 0.15) is 60.9 Å². The molecule has 0 bridgehead atoms. The van der Waals surface area contributed by atoms with Crippen molar-refractivity contribution in [1.82, 2.24) is 35.6 Å². The second-order valence-electron chi connectivity index (χ2n) is 7.34. The molecule has 0 fully saturated rings. The van der Waals surface area contributed by atoms with E-state index >= 15 is 0 Å². The number of aromatic nitrogens is 5. The van der Waals surface area contributed by atoms with Crippen LogP contribution in [0.3, 0.4) is 0 Å². The number of benzene rings is 1. The second-order valence-corrected chi connectivity index (χ2v) is 7.34. The van der Waals surface area contributed by atoms with Crippen molar-refractivity contribution < 1.29 is 9.42 Å². The van der Waals surface area contributed by atoms with Gasteiger partial charge in [0.25, 0.3) is 5.91 Å². The molecule has 0 radical (unpaired) electrons. The summed E-state index contributed by atoms with van der Waals surface area (Å²) in [7, 11) is 0. The van der Waals surface area contributed by atoms with E-state index in [9.17, 15) is 4.79 Å². The van der Waals surface area contributed by atoms with E-state index in [1.807, 2.05) is 24.3 Å². The van der Waals surface area contributed by atoms with Crippen molar-refractivity contribution in [2.24, 2.45) is 5.10 Å². The van der Waals surface area contributed by atoms with Crippen LogP contribution in [0.25, 0.3) is 5.82 Å². The lowest BCUT2D eigenvalue weighted by Gasteiger charge is -2.21. The maximum Gasteiger partial charge on any atom is 0.293 e. The maximum atomic E-state index is 12.9. The van der Waals surface area contributed by atoms with Crippen LogP contribution in [-0.2, 0) is 13.0 Å². The Morgan fingerprint density at radius 1 is 1.19 bits per heavy atom. The summed E-state index contributed by atoms with van der Waals surface area (Å²) in [5.41, 5.74) is 11.2. The quantitative estimate of drug-likeness (QED) is 0.342. The number of nitrogen functional groups attached to an aromatic ring is 1. The van der Waals surface area contributed by atoms with Crippen LogP contribution in [-0.4, -0.2) is 55.4 Å². The van der Waals surface area contributed by atoms with E-state index in [0.717, 1.165) is 37.9 Å². The molecule has 0 saturated carbocycles. The highest BCUT2D eigenvalue weighted by Gasteiger charge is 2.25. The predicted octanol–water partition coefficient (Wildman–Crippen LogP) is 2.18. The minimum atomic E-state index is -0.476. The number of hydrogen-bond donors (Lipinski definition) is 2. The third kappa shape index (κ3) is 5.55. The van der Waals surface area contributed by atoms with Gasteiger partial charge in [0.15, 0.2) is 5.69 Å². The zero-order chi connectivity index (χ0) is 22.9. The number of aryl methyl sites for hydroxylation is 1. The SMILES string of the molecule is CCCN(CCC)Cc1c(C(=O)NN=Cc2ccc(CC)cc2)nnn1-c1nonc1N. The van der Waals surface area contributed by atoms with Gasteiger partial charge in [-0.25, -0.2) is 10.1 Å². The second kappa shape index (κ2) is 11.1. The Kier molecular flexibility index (Phi) is 8.03. The van der Waals surface area contributed by atoms with Gasteiger partial charge >= 0.3 is 0 Å². The van der Waals surface area contributed by atoms with Crippen LogP contribution >= 0.6 is 0 Å². The fourth-order valence-electron chi connectivity index (χ4n) is 3.30. The predicted molar refractivity (Wildman–Crippen MR) is 120 cm³/mol. The first-order chi connectivity index (χ1) is 15.6. The molecule has 2 aromatic heterocycles. The Morgan fingerprint density at radius 3 is 2.50 bits per heavy atom. The Labute approximate surface area is 186 Å². The molecule has 0 unspecified atom stereocenters. The molecule has 0 saturated heterocycles.